The number of hydrogen-bond donors (Lipinski definition) is 1. The van der Waals surface area contributed by atoms with Crippen LogP contribution >= 0.6 is 22.6 Å². The first-order valence-corrected chi connectivity index (χ1v) is 4.39. The fraction of sp³-hybridized carbons (Fsp3) is 0.250. The Balaban J connectivity index is 2.75. The van der Waals surface area contributed by atoms with Crippen molar-refractivity contribution in [3.8, 4) is 0 Å². The third-order valence-corrected chi connectivity index (χ3v) is 2.43. The average Bonchev–Trinajstić information content (AvgIpc) is 2.05. The highest BCUT2D eigenvalue weighted by atomic mass is 127. The molecule has 0 bridgehead atoms. The Morgan fingerprint density at radius 2 is 1.90 bits per heavy atom. The Hall–Kier alpha value is -0.0900. The topological polar surface area (TPSA) is 20.2 Å². The lowest BCUT2D eigenvalue weighted by Crippen LogP contribution is -1.93. The maximum Gasteiger partial charge on any atom is 0.0590 e. The Kier molecular flexibility index (Phi) is 3.15. The Morgan fingerprint density at radius 3 is 2.40 bits per heavy atom. The lowest BCUT2D eigenvalue weighted by molar-refractivity contribution is 0.301. The summed E-state index contributed by atoms with van der Waals surface area (Å²) in [5, 5.41) is 8.78. The van der Waals surface area contributed by atoms with Crippen LogP contribution in [0.1, 0.15) is 9.49 Å². The van der Waals surface area contributed by atoms with Crippen molar-refractivity contribution in [2.75, 3.05) is 6.61 Å². The van der Waals surface area contributed by atoms with Gasteiger partial charge in [0, 0.05) is 0 Å². The molecule has 1 atom stereocenters. The third-order valence-electron chi connectivity index (χ3n) is 1.32. The zero-order valence-corrected chi connectivity index (χ0v) is 7.65. The van der Waals surface area contributed by atoms with Crippen LogP contribution in [-0.2, 0) is 0 Å². The van der Waals surface area contributed by atoms with Gasteiger partial charge < -0.3 is 5.11 Å². The van der Waals surface area contributed by atoms with Gasteiger partial charge in [0.25, 0.3) is 0 Å². The minimum Gasteiger partial charge on any atom is -0.395 e. The molecular formula is C8H9IO. The number of alkyl halides is 1. The van der Waals surface area contributed by atoms with Gasteiger partial charge in [-0.3, -0.25) is 0 Å². The largest absolute Gasteiger partial charge is 0.395 e. The summed E-state index contributed by atoms with van der Waals surface area (Å²) >= 11 is 2.22. The quantitative estimate of drug-likeness (QED) is 0.628. The van der Waals surface area contributed by atoms with E-state index in [-0.39, 0.29) is 10.5 Å². The van der Waals surface area contributed by atoms with Crippen molar-refractivity contribution < 1.29 is 5.11 Å². The highest BCUT2D eigenvalue weighted by Crippen LogP contribution is 2.21. The third kappa shape index (κ3) is 1.95. The number of benzene rings is 1. The first-order chi connectivity index (χ1) is 4.84. The second-order valence-corrected chi connectivity index (χ2v) is 3.56. The van der Waals surface area contributed by atoms with Crippen LogP contribution < -0.4 is 0 Å². The molecular weight excluding hydrogens is 239 g/mol. The van der Waals surface area contributed by atoms with Crippen LogP contribution in [0.5, 0.6) is 0 Å². The van der Waals surface area contributed by atoms with Gasteiger partial charge in [0.15, 0.2) is 0 Å². The zero-order chi connectivity index (χ0) is 7.40. The molecule has 0 aliphatic carbocycles. The summed E-state index contributed by atoms with van der Waals surface area (Å²) in [6, 6.07) is 9.98. The summed E-state index contributed by atoms with van der Waals surface area (Å²) in [6.45, 7) is 0.213. The lowest BCUT2D eigenvalue weighted by atomic mass is 10.2. The van der Waals surface area contributed by atoms with Crippen LogP contribution in [0.15, 0.2) is 30.3 Å². The van der Waals surface area contributed by atoms with Crippen molar-refractivity contribution in [1.29, 1.82) is 0 Å². The normalized spacial score (nSPS) is 13.0. The van der Waals surface area contributed by atoms with E-state index >= 15 is 0 Å². The van der Waals surface area contributed by atoms with E-state index in [2.05, 4.69) is 22.6 Å². The molecule has 0 radical (unpaired) electrons. The van der Waals surface area contributed by atoms with Crippen molar-refractivity contribution >= 4 is 22.6 Å². The number of aliphatic hydroxyl groups excluding tert-OH is 1. The minimum atomic E-state index is 0.213. The SMILES string of the molecule is OC[C@@H](I)c1ccccc1. The molecule has 0 aromatic heterocycles. The van der Waals surface area contributed by atoms with Crippen molar-refractivity contribution in [3.05, 3.63) is 35.9 Å². The fourth-order valence-corrected chi connectivity index (χ4v) is 1.18. The van der Waals surface area contributed by atoms with E-state index in [1.54, 1.807) is 0 Å². The molecule has 0 aliphatic rings. The predicted molar refractivity (Wildman–Crippen MR) is 50.3 cm³/mol. The van der Waals surface area contributed by atoms with E-state index in [1.165, 1.54) is 5.56 Å². The molecule has 0 aliphatic heterocycles. The number of rotatable bonds is 2. The number of aliphatic hydroxyl groups is 1. The van der Waals surface area contributed by atoms with E-state index in [0.717, 1.165) is 0 Å². The second kappa shape index (κ2) is 3.93. The molecule has 10 heavy (non-hydrogen) atoms. The summed E-state index contributed by atoms with van der Waals surface area (Å²) in [5.74, 6) is 0. The molecule has 0 spiro atoms. The van der Waals surface area contributed by atoms with Gasteiger partial charge in [-0.1, -0.05) is 52.9 Å². The van der Waals surface area contributed by atoms with Gasteiger partial charge in [-0.15, -0.1) is 0 Å². The van der Waals surface area contributed by atoms with E-state index < -0.39 is 0 Å². The van der Waals surface area contributed by atoms with Gasteiger partial charge >= 0.3 is 0 Å². The first-order valence-electron chi connectivity index (χ1n) is 3.14. The monoisotopic (exact) mass is 248 g/mol. The summed E-state index contributed by atoms with van der Waals surface area (Å²) < 4.78 is 0.235. The van der Waals surface area contributed by atoms with Gasteiger partial charge in [0.1, 0.15) is 0 Å². The molecule has 0 amide bonds. The van der Waals surface area contributed by atoms with E-state index in [1.807, 2.05) is 30.3 Å². The smallest absolute Gasteiger partial charge is 0.0590 e. The Bertz CT molecular complexity index is 186. The minimum absolute atomic E-state index is 0.213. The van der Waals surface area contributed by atoms with Crippen LogP contribution in [0.2, 0.25) is 0 Å². The number of hydrogen-bond acceptors (Lipinski definition) is 1. The molecule has 1 aromatic carbocycles. The van der Waals surface area contributed by atoms with E-state index in [9.17, 15) is 0 Å². The first kappa shape index (κ1) is 8.01. The second-order valence-electron chi connectivity index (χ2n) is 2.06. The molecule has 0 heterocycles. The molecule has 0 saturated heterocycles. The molecule has 0 saturated carbocycles. The predicted octanol–water partition coefficient (Wildman–Crippen LogP) is 2.16. The van der Waals surface area contributed by atoms with E-state index in [4.69, 9.17) is 5.11 Å². The van der Waals surface area contributed by atoms with Crippen LogP contribution in [0.3, 0.4) is 0 Å². The highest BCUT2D eigenvalue weighted by Gasteiger charge is 2.02. The summed E-state index contributed by atoms with van der Waals surface area (Å²) in [6.07, 6.45) is 0. The average molecular weight is 248 g/mol. The Labute approximate surface area is 74.2 Å². The van der Waals surface area contributed by atoms with Crippen molar-refractivity contribution in [2.45, 2.75) is 3.92 Å². The molecule has 1 N–H and O–H groups in total. The maximum atomic E-state index is 8.78. The van der Waals surface area contributed by atoms with Gasteiger partial charge in [-0.25, -0.2) is 0 Å². The van der Waals surface area contributed by atoms with Gasteiger partial charge in [-0.05, 0) is 5.56 Å². The van der Waals surface area contributed by atoms with Crippen LogP contribution in [0.4, 0.5) is 0 Å². The van der Waals surface area contributed by atoms with Gasteiger partial charge in [0.05, 0.1) is 10.5 Å². The summed E-state index contributed by atoms with van der Waals surface area (Å²) in [5.41, 5.74) is 1.19. The van der Waals surface area contributed by atoms with Crippen molar-refractivity contribution in [1.82, 2.24) is 0 Å². The van der Waals surface area contributed by atoms with Crippen molar-refractivity contribution in [2.24, 2.45) is 0 Å². The standard InChI is InChI=1S/C8H9IO/c9-8(6-10)7-4-2-1-3-5-7/h1-5,8,10H,6H2/t8-/m1/s1. The van der Waals surface area contributed by atoms with Crippen LogP contribution in [-0.4, -0.2) is 11.7 Å². The zero-order valence-electron chi connectivity index (χ0n) is 5.50. The molecule has 2 heteroatoms. The van der Waals surface area contributed by atoms with Crippen LogP contribution in [0, 0.1) is 0 Å². The van der Waals surface area contributed by atoms with E-state index in [0.29, 0.717) is 0 Å². The van der Waals surface area contributed by atoms with Gasteiger partial charge in [0.2, 0.25) is 0 Å². The molecule has 0 fully saturated rings. The Morgan fingerprint density at radius 1 is 1.30 bits per heavy atom. The molecule has 1 aromatic rings. The molecule has 1 rings (SSSR count). The molecule has 0 unspecified atom stereocenters. The summed E-state index contributed by atoms with van der Waals surface area (Å²) in [4.78, 5) is 0. The summed E-state index contributed by atoms with van der Waals surface area (Å²) in [7, 11) is 0. The van der Waals surface area contributed by atoms with Crippen molar-refractivity contribution in [3.63, 3.8) is 0 Å². The molecule has 54 valence electrons. The fourth-order valence-electron chi connectivity index (χ4n) is 0.767. The van der Waals surface area contributed by atoms with Gasteiger partial charge in [-0.2, -0.15) is 0 Å². The molecule has 1 nitrogen and oxygen atoms in total. The van der Waals surface area contributed by atoms with Crippen LogP contribution in [0.25, 0.3) is 0 Å². The number of halogens is 1. The highest BCUT2D eigenvalue weighted by molar-refractivity contribution is 14.1. The lowest BCUT2D eigenvalue weighted by Gasteiger charge is -2.04. The maximum absolute atomic E-state index is 8.78.